The molecule has 0 bridgehead atoms. The van der Waals surface area contributed by atoms with Crippen LogP contribution in [0.5, 0.6) is 5.75 Å². The highest BCUT2D eigenvalue weighted by Gasteiger charge is 2.16. The summed E-state index contributed by atoms with van der Waals surface area (Å²) in [7, 11) is 1.73. The van der Waals surface area contributed by atoms with Crippen molar-refractivity contribution in [3.05, 3.63) is 52.5 Å². The largest absolute Gasteiger partial charge is 0.496 e. The molecule has 0 aliphatic carbocycles. The van der Waals surface area contributed by atoms with Crippen molar-refractivity contribution < 1.29 is 4.74 Å². The molecule has 0 aliphatic rings. The van der Waals surface area contributed by atoms with Gasteiger partial charge in [-0.25, -0.2) is 0 Å². The molecule has 2 aromatic rings. The molecule has 0 radical (unpaired) electrons. The molecule has 0 spiro atoms. The van der Waals surface area contributed by atoms with Gasteiger partial charge >= 0.3 is 0 Å². The molecule has 112 valence electrons. The van der Waals surface area contributed by atoms with Gasteiger partial charge in [-0.15, -0.1) is 0 Å². The van der Waals surface area contributed by atoms with Gasteiger partial charge in [0.2, 0.25) is 0 Å². The Bertz CT molecular complexity index is 603. The maximum atomic E-state index is 5.55. The summed E-state index contributed by atoms with van der Waals surface area (Å²) in [6, 6.07) is 14.8. The minimum Gasteiger partial charge on any atom is -0.496 e. The zero-order valence-corrected chi connectivity index (χ0v) is 14.9. The van der Waals surface area contributed by atoms with Crippen molar-refractivity contribution in [1.82, 2.24) is 5.32 Å². The van der Waals surface area contributed by atoms with Crippen molar-refractivity contribution in [1.29, 1.82) is 0 Å². The molecule has 0 aliphatic heterocycles. The summed E-state index contributed by atoms with van der Waals surface area (Å²) < 4.78 is 6.65. The lowest BCUT2D eigenvalue weighted by Gasteiger charge is -2.20. The van der Waals surface area contributed by atoms with Crippen LogP contribution in [0.1, 0.15) is 25.5 Å². The Morgan fingerprint density at radius 2 is 2.00 bits per heavy atom. The minimum absolute atomic E-state index is 0.251. The van der Waals surface area contributed by atoms with Gasteiger partial charge in [0, 0.05) is 25.9 Å². The van der Waals surface area contributed by atoms with Crippen LogP contribution in [0.2, 0.25) is 0 Å². The van der Waals surface area contributed by atoms with E-state index in [9.17, 15) is 0 Å². The van der Waals surface area contributed by atoms with Crippen molar-refractivity contribution in [3.8, 4) is 5.75 Å². The normalized spacial score (nSPS) is 12.2. The summed E-state index contributed by atoms with van der Waals surface area (Å²) in [4.78, 5) is 2.43. The molecule has 2 nitrogen and oxygen atoms in total. The van der Waals surface area contributed by atoms with E-state index in [0.29, 0.717) is 0 Å². The predicted octanol–water partition coefficient (Wildman–Crippen LogP) is 5.28. The van der Waals surface area contributed by atoms with Crippen LogP contribution < -0.4 is 10.1 Å². The van der Waals surface area contributed by atoms with E-state index in [1.807, 2.05) is 18.2 Å². The van der Waals surface area contributed by atoms with Gasteiger partial charge in [-0.3, -0.25) is 0 Å². The van der Waals surface area contributed by atoms with Gasteiger partial charge in [0.15, 0.2) is 0 Å². The predicted molar refractivity (Wildman–Crippen MR) is 93.4 cm³/mol. The molecule has 0 amide bonds. The molecule has 1 atom stereocenters. The van der Waals surface area contributed by atoms with Crippen LogP contribution in [0.3, 0.4) is 0 Å². The number of ether oxygens (including phenoxy) is 1. The van der Waals surface area contributed by atoms with E-state index in [-0.39, 0.29) is 6.04 Å². The van der Waals surface area contributed by atoms with Crippen LogP contribution in [0.15, 0.2) is 56.7 Å². The van der Waals surface area contributed by atoms with E-state index in [2.05, 4.69) is 59.4 Å². The van der Waals surface area contributed by atoms with Crippen LogP contribution in [0, 0.1) is 0 Å². The molecule has 2 rings (SSSR count). The molecule has 0 aromatic heterocycles. The minimum atomic E-state index is 0.251. The first-order valence-corrected chi connectivity index (χ1v) is 8.60. The first kappa shape index (κ1) is 16.4. The smallest absolute Gasteiger partial charge is 0.124 e. The van der Waals surface area contributed by atoms with E-state index in [1.165, 1.54) is 15.4 Å². The third-order valence-corrected chi connectivity index (χ3v) is 4.77. The zero-order chi connectivity index (χ0) is 15.2. The number of nitrogens with one attached hydrogen (secondary N) is 1. The SMILES string of the molecule is CCNC(C)c1c(OC)cccc1Sc1cccc(Br)c1. The highest BCUT2D eigenvalue weighted by Crippen LogP contribution is 2.38. The molecular formula is C17H20BrNOS. The molecule has 1 N–H and O–H groups in total. The van der Waals surface area contributed by atoms with Crippen LogP contribution in [-0.4, -0.2) is 13.7 Å². The Hall–Kier alpha value is -0.970. The van der Waals surface area contributed by atoms with E-state index in [1.54, 1.807) is 18.9 Å². The van der Waals surface area contributed by atoms with Gasteiger partial charge in [0.1, 0.15) is 5.75 Å². The Balaban J connectivity index is 2.38. The lowest BCUT2D eigenvalue weighted by molar-refractivity contribution is 0.400. The van der Waals surface area contributed by atoms with Crippen LogP contribution in [0.25, 0.3) is 0 Å². The number of methoxy groups -OCH3 is 1. The molecule has 2 aromatic carbocycles. The maximum absolute atomic E-state index is 5.55. The maximum Gasteiger partial charge on any atom is 0.124 e. The van der Waals surface area contributed by atoms with Gasteiger partial charge in [0.05, 0.1) is 7.11 Å². The summed E-state index contributed by atoms with van der Waals surface area (Å²) in [5, 5.41) is 3.47. The summed E-state index contributed by atoms with van der Waals surface area (Å²) in [6.45, 7) is 5.22. The fourth-order valence-corrected chi connectivity index (χ4v) is 3.95. The molecule has 21 heavy (non-hydrogen) atoms. The average Bonchev–Trinajstić information content (AvgIpc) is 2.47. The summed E-state index contributed by atoms with van der Waals surface area (Å²) in [6.07, 6.45) is 0. The molecule has 4 heteroatoms. The lowest BCUT2D eigenvalue weighted by atomic mass is 10.1. The lowest BCUT2D eigenvalue weighted by Crippen LogP contribution is -2.19. The summed E-state index contributed by atoms with van der Waals surface area (Å²) in [5.41, 5.74) is 1.21. The van der Waals surface area contributed by atoms with Gasteiger partial charge in [0.25, 0.3) is 0 Å². The van der Waals surface area contributed by atoms with Crippen molar-refractivity contribution in [3.63, 3.8) is 0 Å². The van der Waals surface area contributed by atoms with E-state index in [0.717, 1.165) is 16.8 Å². The second-order valence-corrected chi connectivity index (χ2v) is 6.74. The number of rotatable bonds is 6. The molecule has 1 unspecified atom stereocenters. The Morgan fingerprint density at radius 3 is 2.67 bits per heavy atom. The van der Waals surface area contributed by atoms with E-state index < -0.39 is 0 Å². The van der Waals surface area contributed by atoms with Gasteiger partial charge in [-0.2, -0.15) is 0 Å². The molecular weight excluding hydrogens is 346 g/mol. The van der Waals surface area contributed by atoms with Crippen molar-refractivity contribution in [2.24, 2.45) is 0 Å². The van der Waals surface area contributed by atoms with Gasteiger partial charge in [-0.1, -0.05) is 46.7 Å². The highest BCUT2D eigenvalue weighted by atomic mass is 79.9. The molecule has 0 heterocycles. The third-order valence-electron chi connectivity index (χ3n) is 3.21. The number of hydrogen-bond acceptors (Lipinski definition) is 3. The Morgan fingerprint density at radius 1 is 1.24 bits per heavy atom. The molecule has 0 saturated heterocycles. The summed E-state index contributed by atoms with van der Waals surface area (Å²) >= 11 is 5.29. The second-order valence-electron chi connectivity index (χ2n) is 4.71. The Kier molecular flexibility index (Phi) is 6.15. The monoisotopic (exact) mass is 365 g/mol. The average molecular weight is 366 g/mol. The van der Waals surface area contributed by atoms with E-state index >= 15 is 0 Å². The van der Waals surface area contributed by atoms with Crippen molar-refractivity contribution in [2.45, 2.75) is 29.7 Å². The molecule has 0 saturated carbocycles. The second kappa shape index (κ2) is 7.87. The first-order valence-electron chi connectivity index (χ1n) is 6.99. The summed E-state index contributed by atoms with van der Waals surface area (Å²) in [5.74, 6) is 0.934. The fourth-order valence-electron chi connectivity index (χ4n) is 2.28. The third kappa shape index (κ3) is 4.25. The number of hydrogen-bond donors (Lipinski definition) is 1. The Labute approximate surface area is 139 Å². The van der Waals surface area contributed by atoms with Crippen LogP contribution in [0.4, 0.5) is 0 Å². The highest BCUT2D eigenvalue weighted by molar-refractivity contribution is 9.10. The standard InChI is InChI=1S/C17H20BrNOS/c1-4-19-12(2)17-15(20-3)9-6-10-16(17)21-14-8-5-7-13(18)11-14/h5-12,19H,4H2,1-3H3. The van der Waals surface area contributed by atoms with Crippen molar-refractivity contribution in [2.75, 3.05) is 13.7 Å². The number of benzene rings is 2. The van der Waals surface area contributed by atoms with Crippen molar-refractivity contribution >= 4 is 27.7 Å². The quantitative estimate of drug-likeness (QED) is 0.752. The topological polar surface area (TPSA) is 21.3 Å². The molecule has 0 fully saturated rings. The fraction of sp³-hybridized carbons (Fsp3) is 0.294. The van der Waals surface area contributed by atoms with Crippen LogP contribution >= 0.6 is 27.7 Å². The van der Waals surface area contributed by atoms with Crippen LogP contribution in [-0.2, 0) is 0 Å². The number of halogens is 1. The van der Waals surface area contributed by atoms with Gasteiger partial charge < -0.3 is 10.1 Å². The van der Waals surface area contributed by atoms with E-state index in [4.69, 9.17) is 4.74 Å². The zero-order valence-electron chi connectivity index (χ0n) is 12.5. The van der Waals surface area contributed by atoms with Gasteiger partial charge in [-0.05, 0) is 43.8 Å². The first-order chi connectivity index (χ1) is 10.2.